The van der Waals surface area contributed by atoms with E-state index in [-0.39, 0.29) is 34.1 Å². The Bertz CT molecular complexity index is 1340. The van der Waals surface area contributed by atoms with Gasteiger partial charge in [-0.15, -0.1) is 0 Å². The van der Waals surface area contributed by atoms with E-state index >= 15 is 0 Å². The van der Waals surface area contributed by atoms with Crippen LogP contribution < -0.4 is 10.6 Å². The molecule has 0 aliphatic heterocycles. The molecule has 0 fully saturated rings. The molecular formula is C24H17BrN2O7. The minimum Gasteiger partial charge on any atom is -0.451 e. The molecule has 0 unspecified atom stereocenters. The minimum absolute atomic E-state index is 0.00790. The summed E-state index contributed by atoms with van der Waals surface area (Å²) in [7, 11) is 0. The first-order valence-electron chi connectivity index (χ1n) is 10.1. The van der Waals surface area contributed by atoms with Crippen LogP contribution in [0.4, 0.5) is 5.69 Å². The smallest absolute Gasteiger partial charge is 0.326 e. The van der Waals surface area contributed by atoms with Crippen molar-refractivity contribution in [1.29, 1.82) is 0 Å². The predicted octanol–water partition coefficient (Wildman–Crippen LogP) is 3.12. The van der Waals surface area contributed by atoms with E-state index in [9.17, 15) is 24.0 Å². The highest BCUT2D eigenvalue weighted by Crippen LogP contribution is 2.29. The number of amides is 2. The van der Waals surface area contributed by atoms with Crippen LogP contribution in [0.1, 0.15) is 49.3 Å². The number of fused-ring (bicyclic) bond motifs is 2. The number of halogens is 1. The Morgan fingerprint density at radius 1 is 0.941 bits per heavy atom. The summed E-state index contributed by atoms with van der Waals surface area (Å²) in [5.41, 5.74) is 1.33. The Morgan fingerprint density at radius 2 is 1.59 bits per heavy atom. The van der Waals surface area contributed by atoms with Gasteiger partial charge in [-0.25, -0.2) is 0 Å². The number of ether oxygens (including phenoxy) is 1. The standard InChI is InChI=1S/C24H17BrN2O7/c1-12(33-20(28)11-26-24(32)18-8-9-19(25)34-18)23(31)27-13-6-7-16-17(10-13)22(30)15-5-3-2-4-14(15)21(16)29/h2-10,12H,11H2,1H3,(H,26,32)(H,27,31)/t12-/m1/s1. The highest BCUT2D eigenvalue weighted by Gasteiger charge is 2.29. The maximum absolute atomic E-state index is 12.8. The topological polar surface area (TPSA) is 132 Å². The molecule has 1 heterocycles. The fourth-order valence-electron chi connectivity index (χ4n) is 3.39. The fraction of sp³-hybridized carbons (Fsp3) is 0.125. The molecule has 1 aromatic heterocycles. The highest BCUT2D eigenvalue weighted by atomic mass is 79.9. The first-order chi connectivity index (χ1) is 16.2. The van der Waals surface area contributed by atoms with Gasteiger partial charge in [0.2, 0.25) is 0 Å². The number of hydrogen-bond donors (Lipinski definition) is 2. The number of hydrogen-bond acceptors (Lipinski definition) is 7. The number of carbonyl (C=O) groups is 5. The fourth-order valence-corrected chi connectivity index (χ4v) is 3.70. The summed E-state index contributed by atoms with van der Waals surface area (Å²) in [5, 5.41) is 4.89. The van der Waals surface area contributed by atoms with Crippen molar-refractivity contribution in [3.8, 4) is 0 Å². The zero-order chi connectivity index (χ0) is 24.4. The number of furan rings is 1. The number of nitrogens with one attached hydrogen (secondary N) is 2. The van der Waals surface area contributed by atoms with Gasteiger partial charge < -0.3 is 19.8 Å². The van der Waals surface area contributed by atoms with Gasteiger partial charge in [0, 0.05) is 27.9 Å². The molecule has 34 heavy (non-hydrogen) atoms. The summed E-state index contributed by atoms with van der Waals surface area (Å²) in [6.45, 7) is 0.895. The molecule has 3 aromatic rings. The second-order valence-corrected chi connectivity index (χ2v) is 8.15. The molecule has 0 radical (unpaired) electrons. The zero-order valence-electron chi connectivity index (χ0n) is 17.7. The van der Waals surface area contributed by atoms with Gasteiger partial charge in [-0.3, -0.25) is 24.0 Å². The molecular weight excluding hydrogens is 508 g/mol. The van der Waals surface area contributed by atoms with Gasteiger partial charge in [-0.05, 0) is 53.2 Å². The maximum Gasteiger partial charge on any atom is 0.326 e. The number of anilines is 1. The number of ketones is 2. The second-order valence-electron chi connectivity index (χ2n) is 7.37. The van der Waals surface area contributed by atoms with E-state index in [0.717, 1.165) is 0 Å². The lowest BCUT2D eigenvalue weighted by atomic mass is 9.84. The van der Waals surface area contributed by atoms with E-state index < -0.39 is 30.4 Å². The van der Waals surface area contributed by atoms with Crippen molar-refractivity contribution in [2.24, 2.45) is 0 Å². The van der Waals surface area contributed by atoms with Crippen LogP contribution in [0.25, 0.3) is 0 Å². The van der Waals surface area contributed by atoms with Gasteiger partial charge >= 0.3 is 5.97 Å². The van der Waals surface area contributed by atoms with Crippen molar-refractivity contribution < 1.29 is 33.1 Å². The molecule has 2 amide bonds. The van der Waals surface area contributed by atoms with Crippen LogP contribution in [-0.4, -0.2) is 42.0 Å². The number of benzene rings is 2. The molecule has 2 aromatic carbocycles. The summed E-state index contributed by atoms with van der Waals surface area (Å²) in [5.74, 6) is -2.67. The Hall–Kier alpha value is -4.05. The van der Waals surface area contributed by atoms with Gasteiger partial charge in [0.05, 0.1) is 0 Å². The van der Waals surface area contributed by atoms with Gasteiger partial charge in [0.25, 0.3) is 11.8 Å². The third kappa shape index (κ3) is 4.67. The lowest BCUT2D eigenvalue weighted by Crippen LogP contribution is -2.35. The maximum atomic E-state index is 12.8. The quantitative estimate of drug-likeness (QED) is 0.370. The molecule has 172 valence electrons. The summed E-state index contributed by atoms with van der Waals surface area (Å²) in [4.78, 5) is 61.9. The lowest BCUT2D eigenvalue weighted by molar-refractivity contribution is -0.152. The SMILES string of the molecule is C[C@@H](OC(=O)CNC(=O)c1ccc(Br)o1)C(=O)Nc1ccc2c(c1)C(=O)c1ccccc1C2=O. The van der Waals surface area contributed by atoms with Crippen LogP contribution in [0.3, 0.4) is 0 Å². The van der Waals surface area contributed by atoms with E-state index in [2.05, 4.69) is 26.6 Å². The van der Waals surface area contributed by atoms with Crippen molar-refractivity contribution >= 4 is 51.0 Å². The lowest BCUT2D eigenvalue weighted by Gasteiger charge is -2.19. The number of carbonyl (C=O) groups excluding carboxylic acids is 5. The Kier molecular flexibility index (Phi) is 6.42. The highest BCUT2D eigenvalue weighted by molar-refractivity contribution is 9.10. The monoisotopic (exact) mass is 524 g/mol. The van der Waals surface area contributed by atoms with Crippen LogP contribution in [0.5, 0.6) is 0 Å². The average molecular weight is 525 g/mol. The Morgan fingerprint density at radius 3 is 2.24 bits per heavy atom. The van der Waals surface area contributed by atoms with Crippen LogP contribution in [0.15, 0.2) is 63.7 Å². The summed E-state index contributed by atoms with van der Waals surface area (Å²) in [6.07, 6.45) is -1.18. The molecule has 0 saturated carbocycles. The first-order valence-corrected chi connectivity index (χ1v) is 10.9. The van der Waals surface area contributed by atoms with Crippen LogP contribution in [0, 0.1) is 0 Å². The molecule has 0 spiro atoms. The summed E-state index contributed by atoms with van der Waals surface area (Å²) in [6, 6.07) is 13.9. The Balaban J connectivity index is 1.36. The van der Waals surface area contributed by atoms with Gasteiger partial charge in [-0.1, -0.05) is 24.3 Å². The molecule has 1 aliphatic rings. The van der Waals surface area contributed by atoms with Gasteiger partial charge in [-0.2, -0.15) is 0 Å². The predicted molar refractivity (Wildman–Crippen MR) is 123 cm³/mol. The minimum atomic E-state index is -1.18. The molecule has 9 nitrogen and oxygen atoms in total. The third-order valence-corrected chi connectivity index (χ3v) is 5.49. The Labute approximate surface area is 201 Å². The van der Waals surface area contributed by atoms with E-state index in [1.807, 2.05) is 0 Å². The van der Waals surface area contributed by atoms with Crippen LogP contribution in [0.2, 0.25) is 0 Å². The van der Waals surface area contributed by atoms with Crippen LogP contribution >= 0.6 is 15.9 Å². The van der Waals surface area contributed by atoms with Crippen molar-refractivity contribution in [3.05, 3.63) is 87.3 Å². The van der Waals surface area contributed by atoms with Crippen molar-refractivity contribution in [2.45, 2.75) is 13.0 Å². The molecule has 0 saturated heterocycles. The molecule has 2 N–H and O–H groups in total. The molecule has 1 atom stereocenters. The molecule has 4 rings (SSSR count). The zero-order valence-corrected chi connectivity index (χ0v) is 19.3. The third-order valence-electron chi connectivity index (χ3n) is 5.06. The largest absolute Gasteiger partial charge is 0.451 e. The van der Waals surface area contributed by atoms with Crippen molar-refractivity contribution in [1.82, 2.24) is 5.32 Å². The summed E-state index contributed by atoms with van der Waals surface area (Å²) < 4.78 is 10.5. The molecule has 10 heteroatoms. The molecule has 1 aliphatic carbocycles. The average Bonchev–Trinajstić information content (AvgIpc) is 3.27. The van der Waals surface area contributed by atoms with E-state index in [4.69, 9.17) is 9.15 Å². The van der Waals surface area contributed by atoms with E-state index in [1.54, 1.807) is 24.3 Å². The van der Waals surface area contributed by atoms with Gasteiger partial charge in [0.15, 0.2) is 28.1 Å². The molecule has 0 bridgehead atoms. The van der Waals surface area contributed by atoms with Crippen LogP contribution in [-0.2, 0) is 14.3 Å². The van der Waals surface area contributed by atoms with Crippen molar-refractivity contribution in [2.75, 3.05) is 11.9 Å². The normalized spacial score (nSPS) is 12.9. The summed E-state index contributed by atoms with van der Waals surface area (Å²) >= 11 is 3.07. The van der Waals surface area contributed by atoms with E-state index in [1.165, 1.54) is 37.3 Å². The number of esters is 1. The van der Waals surface area contributed by atoms with E-state index in [0.29, 0.717) is 15.8 Å². The number of rotatable bonds is 6. The first kappa shape index (κ1) is 23.1. The second kappa shape index (κ2) is 9.44. The van der Waals surface area contributed by atoms with Crippen molar-refractivity contribution in [3.63, 3.8) is 0 Å². The van der Waals surface area contributed by atoms with Gasteiger partial charge in [0.1, 0.15) is 6.54 Å².